The Bertz CT molecular complexity index is 331. The third-order valence-corrected chi connectivity index (χ3v) is 2.78. The van der Waals surface area contributed by atoms with Crippen LogP contribution in [0.4, 0.5) is 0 Å². The summed E-state index contributed by atoms with van der Waals surface area (Å²) in [6.45, 7) is 7.72. The van der Waals surface area contributed by atoms with E-state index in [1.807, 2.05) is 6.33 Å². The molecule has 0 radical (unpaired) electrons. The summed E-state index contributed by atoms with van der Waals surface area (Å²) in [5, 5.41) is 3.46. The van der Waals surface area contributed by atoms with Crippen LogP contribution in [0.15, 0.2) is 12.5 Å². The fourth-order valence-electron chi connectivity index (χ4n) is 1.65. The summed E-state index contributed by atoms with van der Waals surface area (Å²) in [5.74, 6) is 0.607. The number of hydrogen-bond donors (Lipinski definition) is 1. The summed E-state index contributed by atoms with van der Waals surface area (Å²) >= 11 is 0. The lowest BCUT2D eigenvalue weighted by Gasteiger charge is -2.06. The lowest BCUT2D eigenvalue weighted by Crippen LogP contribution is -2.15. The van der Waals surface area contributed by atoms with Crippen LogP contribution in [0.3, 0.4) is 0 Å². The minimum absolute atomic E-state index is 0.607. The van der Waals surface area contributed by atoms with Gasteiger partial charge in [0.2, 0.25) is 0 Å². The summed E-state index contributed by atoms with van der Waals surface area (Å²) in [4.78, 5) is 4.37. The molecule has 0 aromatic carbocycles. The van der Waals surface area contributed by atoms with Gasteiger partial charge in [-0.15, -0.1) is 0 Å². The lowest BCUT2D eigenvalue weighted by atomic mass is 10.2. The monoisotopic (exact) mass is 237 g/mol. The molecule has 1 aliphatic carbocycles. The van der Waals surface area contributed by atoms with Crippen LogP contribution >= 0.6 is 0 Å². The number of nitrogens with zero attached hydrogens (tertiary/aromatic N) is 2. The molecule has 4 nitrogen and oxygen atoms in total. The van der Waals surface area contributed by atoms with Crippen molar-refractivity contribution in [3.05, 3.63) is 18.2 Å². The fourth-order valence-corrected chi connectivity index (χ4v) is 1.65. The summed E-state index contributed by atoms with van der Waals surface area (Å²) in [5.41, 5.74) is 1.13. The van der Waals surface area contributed by atoms with E-state index in [2.05, 4.69) is 34.9 Å². The second-order valence-corrected chi connectivity index (χ2v) is 5.23. The molecule has 0 aliphatic heterocycles. The highest BCUT2D eigenvalue weighted by Crippen LogP contribution is 2.18. The Morgan fingerprint density at radius 3 is 3.06 bits per heavy atom. The van der Waals surface area contributed by atoms with Crippen molar-refractivity contribution in [1.29, 1.82) is 0 Å². The van der Waals surface area contributed by atoms with Crippen molar-refractivity contribution >= 4 is 0 Å². The fraction of sp³-hybridized carbons (Fsp3) is 0.769. The van der Waals surface area contributed by atoms with Crippen molar-refractivity contribution in [2.75, 3.05) is 13.2 Å². The molecule has 1 fully saturated rings. The maximum atomic E-state index is 5.55. The maximum Gasteiger partial charge on any atom is 0.0950 e. The van der Waals surface area contributed by atoms with Crippen LogP contribution in [0.1, 0.15) is 32.4 Å². The van der Waals surface area contributed by atoms with Crippen LogP contribution in [-0.2, 0) is 17.8 Å². The van der Waals surface area contributed by atoms with Crippen molar-refractivity contribution in [2.45, 2.75) is 45.8 Å². The molecule has 1 N–H and O–H groups in total. The van der Waals surface area contributed by atoms with Gasteiger partial charge in [0, 0.05) is 31.9 Å². The van der Waals surface area contributed by atoms with E-state index in [1.165, 1.54) is 12.8 Å². The van der Waals surface area contributed by atoms with Gasteiger partial charge in [-0.1, -0.05) is 13.8 Å². The Morgan fingerprint density at radius 2 is 2.35 bits per heavy atom. The number of imidazole rings is 1. The van der Waals surface area contributed by atoms with Crippen molar-refractivity contribution in [3.63, 3.8) is 0 Å². The summed E-state index contributed by atoms with van der Waals surface area (Å²) in [7, 11) is 0. The summed E-state index contributed by atoms with van der Waals surface area (Å²) < 4.78 is 7.65. The minimum atomic E-state index is 0.607. The Kier molecular flexibility index (Phi) is 4.57. The average molecular weight is 237 g/mol. The number of hydrogen-bond acceptors (Lipinski definition) is 3. The zero-order valence-corrected chi connectivity index (χ0v) is 10.9. The van der Waals surface area contributed by atoms with E-state index in [4.69, 9.17) is 4.74 Å². The molecule has 96 valence electrons. The molecule has 1 saturated carbocycles. The Morgan fingerprint density at radius 1 is 1.53 bits per heavy atom. The topological polar surface area (TPSA) is 39.1 Å². The van der Waals surface area contributed by atoms with Crippen molar-refractivity contribution in [1.82, 2.24) is 14.9 Å². The average Bonchev–Trinajstić information content (AvgIpc) is 3.01. The van der Waals surface area contributed by atoms with E-state index in [-0.39, 0.29) is 0 Å². The van der Waals surface area contributed by atoms with E-state index >= 15 is 0 Å². The zero-order valence-electron chi connectivity index (χ0n) is 10.9. The first-order valence-corrected chi connectivity index (χ1v) is 6.56. The molecule has 1 aromatic heterocycles. The molecule has 0 amide bonds. The van der Waals surface area contributed by atoms with Crippen molar-refractivity contribution in [2.24, 2.45) is 5.92 Å². The number of rotatable bonds is 8. The second kappa shape index (κ2) is 6.17. The van der Waals surface area contributed by atoms with Crippen LogP contribution in [-0.4, -0.2) is 28.8 Å². The molecule has 0 saturated heterocycles. The molecular weight excluding hydrogens is 214 g/mol. The Labute approximate surface area is 103 Å². The van der Waals surface area contributed by atoms with Crippen molar-refractivity contribution < 1.29 is 4.74 Å². The van der Waals surface area contributed by atoms with Gasteiger partial charge in [-0.05, 0) is 18.8 Å². The quantitative estimate of drug-likeness (QED) is 0.701. The highest BCUT2D eigenvalue weighted by atomic mass is 16.5. The Balaban J connectivity index is 1.62. The smallest absolute Gasteiger partial charge is 0.0950 e. The van der Waals surface area contributed by atoms with Gasteiger partial charge in [0.25, 0.3) is 0 Å². The maximum absolute atomic E-state index is 5.55. The van der Waals surface area contributed by atoms with Gasteiger partial charge in [0.05, 0.1) is 18.6 Å². The first-order chi connectivity index (χ1) is 8.24. The third kappa shape index (κ3) is 4.88. The van der Waals surface area contributed by atoms with Gasteiger partial charge in [0.15, 0.2) is 0 Å². The number of ether oxygens (including phenoxy) is 1. The number of nitrogens with one attached hydrogen (secondary N) is 1. The van der Waals surface area contributed by atoms with Crippen LogP contribution in [0, 0.1) is 5.92 Å². The number of aromatic nitrogens is 2. The first kappa shape index (κ1) is 12.6. The molecule has 0 spiro atoms. The van der Waals surface area contributed by atoms with Gasteiger partial charge in [-0.25, -0.2) is 4.98 Å². The van der Waals surface area contributed by atoms with Crippen LogP contribution < -0.4 is 5.32 Å². The van der Waals surface area contributed by atoms with Crippen LogP contribution in [0.2, 0.25) is 0 Å². The predicted octanol–water partition coefficient (Wildman–Crippen LogP) is 1.81. The highest BCUT2D eigenvalue weighted by Gasteiger charge is 2.20. The van der Waals surface area contributed by atoms with Crippen LogP contribution in [0.5, 0.6) is 0 Å². The Hall–Kier alpha value is -0.870. The summed E-state index contributed by atoms with van der Waals surface area (Å²) in [6, 6.07) is 0.745. The largest absolute Gasteiger partial charge is 0.379 e. The van der Waals surface area contributed by atoms with E-state index < -0.39 is 0 Å². The predicted molar refractivity (Wildman–Crippen MR) is 67.7 cm³/mol. The van der Waals surface area contributed by atoms with Crippen molar-refractivity contribution in [3.8, 4) is 0 Å². The van der Waals surface area contributed by atoms with E-state index in [0.717, 1.165) is 38.0 Å². The molecule has 4 heteroatoms. The standard InChI is InChI=1S/C13H23N3O/c1-11(2)9-17-6-5-16-8-13(15-10-16)7-14-12-3-4-12/h8,10-12,14H,3-7,9H2,1-2H3. The lowest BCUT2D eigenvalue weighted by molar-refractivity contribution is 0.103. The molecule has 1 aromatic rings. The van der Waals surface area contributed by atoms with E-state index in [1.54, 1.807) is 0 Å². The molecule has 0 atom stereocenters. The van der Waals surface area contributed by atoms with Gasteiger partial charge in [-0.2, -0.15) is 0 Å². The van der Waals surface area contributed by atoms with E-state index in [0.29, 0.717) is 5.92 Å². The normalized spacial score (nSPS) is 15.7. The third-order valence-electron chi connectivity index (χ3n) is 2.78. The molecule has 1 aliphatic rings. The molecule has 17 heavy (non-hydrogen) atoms. The van der Waals surface area contributed by atoms with Gasteiger partial charge in [0.1, 0.15) is 0 Å². The van der Waals surface area contributed by atoms with E-state index in [9.17, 15) is 0 Å². The minimum Gasteiger partial charge on any atom is -0.379 e. The molecule has 1 heterocycles. The molecular formula is C13H23N3O. The highest BCUT2D eigenvalue weighted by molar-refractivity contribution is 4.97. The summed E-state index contributed by atoms with van der Waals surface area (Å²) in [6.07, 6.45) is 6.64. The zero-order chi connectivity index (χ0) is 12.1. The molecule has 2 rings (SSSR count). The molecule has 0 bridgehead atoms. The second-order valence-electron chi connectivity index (χ2n) is 5.23. The van der Waals surface area contributed by atoms with Gasteiger partial charge in [-0.3, -0.25) is 0 Å². The first-order valence-electron chi connectivity index (χ1n) is 6.56. The van der Waals surface area contributed by atoms with Gasteiger partial charge >= 0.3 is 0 Å². The van der Waals surface area contributed by atoms with Gasteiger partial charge < -0.3 is 14.6 Å². The van der Waals surface area contributed by atoms with Crippen LogP contribution in [0.25, 0.3) is 0 Å². The SMILES string of the molecule is CC(C)COCCn1cnc(CNC2CC2)c1. The molecule has 0 unspecified atom stereocenters.